The van der Waals surface area contributed by atoms with Crippen LogP contribution in [0.15, 0.2) is 0 Å². The average molecular weight is 192 g/mol. The van der Waals surface area contributed by atoms with Gasteiger partial charge in [0, 0.05) is 25.7 Å². The zero-order chi connectivity index (χ0) is 9.80. The van der Waals surface area contributed by atoms with Crippen LogP contribution in [0.4, 0.5) is 0 Å². The van der Waals surface area contributed by atoms with Crippen molar-refractivity contribution in [3.05, 3.63) is 0 Å². The number of hydrogen-bond acceptors (Lipinski definition) is 2. The van der Waals surface area contributed by atoms with E-state index in [1.54, 1.807) is 0 Å². The van der Waals surface area contributed by atoms with Crippen LogP contribution in [0, 0.1) is 11.8 Å². The number of fused-ring (bicyclic) bond motifs is 1. The van der Waals surface area contributed by atoms with Crippen molar-refractivity contribution in [2.24, 2.45) is 0 Å². The van der Waals surface area contributed by atoms with Crippen LogP contribution in [-0.2, 0) is 0 Å². The van der Waals surface area contributed by atoms with Gasteiger partial charge in [0.25, 0.3) is 0 Å². The summed E-state index contributed by atoms with van der Waals surface area (Å²) in [7, 11) is 0. The summed E-state index contributed by atoms with van der Waals surface area (Å²) in [6, 6.07) is 0.830. The molecular weight excluding hydrogens is 172 g/mol. The Morgan fingerprint density at radius 3 is 3.00 bits per heavy atom. The van der Waals surface area contributed by atoms with E-state index < -0.39 is 0 Å². The van der Waals surface area contributed by atoms with Crippen LogP contribution >= 0.6 is 0 Å². The maximum atomic E-state index is 3.17. The number of hydrogen-bond donors (Lipinski definition) is 0. The van der Waals surface area contributed by atoms with Gasteiger partial charge in [-0.05, 0) is 26.3 Å². The summed E-state index contributed by atoms with van der Waals surface area (Å²) in [6.07, 6.45) is 4.23. The van der Waals surface area contributed by atoms with Crippen LogP contribution < -0.4 is 0 Å². The Kier molecular flexibility index (Phi) is 3.44. The smallest absolute Gasteiger partial charge is 0.0602 e. The monoisotopic (exact) mass is 192 g/mol. The Bertz CT molecular complexity index is 238. The molecule has 2 heterocycles. The second-order valence-electron chi connectivity index (χ2n) is 4.35. The topological polar surface area (TPSA) is 6.48 Å². The molecule has 0 spiro atoms. The van der Waals surface area contributed by atoms with E-state index in [4.69, 9.17) is 0 Å². The Labute approximate surface area is 87.3 Å². The van der Waals surface area contributed by atoms with E-state index in [9.17, 15) is 0 Å². The average Bonchev–Trinajstić information content (AvgIpc) is 2.26. The van der Waals surface area contributed by atoms with Crippen molar-refractivity contribution in [2.75, 3.05) is 32.7 Å². The fourth-order valence-electron chi connectivity index (χ4n) is 2.55. The van der Waals surface area contributed by atoms with E-state index in [1.165, 1.54) is 45.4 Å². The van der Waals surface area contributed by atoms with Crippen LogP contribution in [0.1, 0.15) is 26.2 Å². The molecule has 0 aliphatic carbocycles. The van der Waals surface area contributed by atoms with E-state index in [2.05, 4.69) is 21.6 Å². The van der Waals surface area contributed by atoms with Crippen molar-refractivity contribution < 1.29 is 0 Å². The number of piperazine rings is 1. The van der Waals surface area contributed by atoms with Gasteiger partial charge in [0.2, 0.25) is 0 Å². The number of rotatable bonds is 1. The highest BCUT2D eigenvalue weighted by atomic mass is 15.3. The largest absolute Gasteiger partial charge is 0.298 e. The van der Waals surface area contributed by atoms with E-state index in [0.717, 1.165) is 12.6 Å². The third-order valence-corrected chi connectivity index (χ3v) is 3.40. The molecule has 1 unspecified atom stereocenters. The second kappa shape index (κ2) is 4.82. The van der Waals surface area contributed by atoms with E-state index in [1.807, 2.05) is 6.92 Å². The van der Waals surface area contributed by atoms with Gasteiger partial charge in [0.1, 0.15) is 0 Å². The van der Waals surface area contributed by atoms with Gasteiger partial charge in [-0.25, -0.2) is 0 Å². The van der Waals surface area contributed by atoms with Gasteiger partial charge in [-0.1, -0.05) is 12.3 Å². The third kappa shape index (κ3) is 2.29. The van der Waals surface area contributed by atoms with Crippen molar-refractivity contribution in [3.8, 4) is 11.8 Å². The molecule has 14 heavy (non-hydrogen) atoms. The standard InChI is InChI=1S/C12H20N2/c1-2-3-7-13-9-10-14-8-5-4-6-12(14)11-13/h12H,4-11H2,1H3. The maximum Gasteiger partial charge on any atom is 0.0602 e. The first-order valence-electron chi connectivity index (χ1n) is 5.76. The summed E-state index contributed by atoms with van der Waals surface area (Å²) in [6.45, 7) is 7.95. The van der Waals surface area contributed by atoms with Crippen molar-refractivity contribution in [1.29, 1.82) is 0 Å². The molecule has 0 aromatic rings. The predicted molar refractivity (Wildman–Crippen MR) is 59.1 cm³/mol. The number of nitrogens with zero attached hydrogens (tertiary/aromatic N) is 2. The van der Waals surface area contributed by atoms with Gasteiger partial charge in [-0.3, -0.25) is 9.80 Å². The van der Waals surface area contributed by atoms with Gasteiger partial charge in [-0.15, -0.1) is 5.92 Å². The molecule has 2 rings (SSSR count). The van der Waals surface area contributed by atoms with Crippen molar-refractivity contribution in [3.63, 3.8) is 0 Å². The fraction of sp³-hybridized carbons (Fsp3) is 0.833. The van der Waals surface area contributed by atoms with E-state index in [-0.39, 0.29) is 0 Å². The molecule has 0 amide bonds. The van der Waals surface area contributed by atoms with Gasteiger partial charge >= 0.3 is 0 Å². The van der Waals surface area contributed by atoms with Crippen molar-refractivity contribution in [2.45, 2.75) is 32.2 Å². The number of piperidine rings is 1. The van der Waals surface area contributed by atoms with Crippen LogP contribution in [0.2, 0.25) is 0 Å². The van der Waals surface area contributed by atoms with E-state index in [0.29, 0.717) is 0 Å². The molecular formula is C12H20N2. The van der Waals surface area contributed by atoms with Gasteiger partial charge in [0.05, 0.1) is 6.54 Å². The van der Waals surface area contributed by atoms with Crippen LogP contribution in [-0.4, -0.2) is 48.6 Å². The minimum atomic E-state index is 0.830. The summed E-state index contributed by atoms with van der Waals surface area (Å²) in [5, 5.41) is 0. The molecule has 2 nitrogen and oxygen atoms in total. The first kappa shape index (κ1) is 10.0. The quantitative estimate of drug-likeness (QED) is 0.576. The molecule has 0 bridgehead atoms. The summed E-state index contributed by atoms with van der Waals surface area (Å²) < 4.78 is 0. The first-order valence-corrected chi connectivity index (χ1v) is 5.76. The summed E-state index contributed by atoms with van der Waals surface area (Å²) >= 11 is 0. The van der Waals surface area contributed by atoms with Crippen LogP contribution in [0.5, 0.6) is 0 Å². The highest BCUT2D eigenvalue weighted by Crippen LogP contribution is 2.20. The lowest BCUT2D eigenvalue weighted by molar-refractivity contribution is 0.0562. The fourth-order valence-corrected chi connectivity index (χ4v) is 2.55. The Morgan fingerprint density at radius 1 is 1.21 bits per heavy atom. The second-order valence-corrected chi connectivity index (χ2v) is 4.35. The van der Waals surface area contributed by atoms with E-state index >= 15 is 0 Å². The van der Waals surface area contributed by atoms with Crippen LogP contribution in [0.3, 0.4) is 0 Å². The molecule has 2 aliphatic heterocycles. The van der Waals surface area contributed by atoms with Gasteiger partial charge < -0.3 is 0 Å². The normalized spacial score (nSPS) is 29.1. The van der Waals surface area contributed by atoms with Gasteiger partial charge in [0.15, 0.2) is 0 Å². The van der Waals surface area contributed by atoms with Crippen molar-refractivity contribution >= 4 is 0 Å². The molecule has 0 aromatic carbocycles. The minimum Gasteiger partial charge on any atom is -0.298 e. The lowest BCUT2D eigenvalue weighted by atomic mass is 9.99. The Morgan fingerprint density at radius 2 is 2.14 bits per heavy atom. The molecule has 2 heteroatoms. The summed E-state index contributed by atoms with van der Waals surface area (Å²) in [4.78, 5) is 5.17. The zero-order valence-corrected chi connectivity index (χ0v) is 9.13. The Balaban J connectivity index is 1.85. The minimum absolute atomic E-state index is 0.830. The lowest BCUT2D eigenvalue weighted by Gasteiger charge is -2.43. The molecule has 0 N–H and O–H groups in total. The molecule has 0 aromatic heterocycles. The highest BCUT2D eigenvalue weighted by Gasteiger charge is 2.28. The Hall–Kier alpha value is -0.520. The molecule has 2 fully saturated rings. The molecule has 2 saturated heterocycles. The predicted octanol–water partition coefficient (Wildman–Crippen LogP) is 1.18. The lowest BCUT2D eigenvalue weighted by Crippen LogP contribution is -2.54. The molecule has 2 aliphatic rings. The molecule has 78 valence electrons. The zero-order valence-electron chi connectivity index (χ0n) is 9.13. The molecule has 0 saturated carbocycles. The van der Waals surface area contributed by atoms with Crippen LogP contribution in [0.25, 0.3) is 0 Å². The van der Waals surface area contributed by atoms with Crippen molar-refractivity contribution in [1.82, 2.24) is 9.80 Å². The van der Waals surface area contributed by atoms with Gasteiger partial charge in [-0.2, -0.15) is 0 Å². The highest BCUT2D eigenvalue weighted by molar-refractivity contribution is 4.99. The summed E-state index contributed by atoms with van der Waals surface area (Å²) in [5.74, 6) is 6.15. The maximum absolute atomic E-state index is 3.17. The molecule has 1 atom stereocenters. The SMILES string of the molecule is CC#CCN1CCN2CCCCC2C1. The first-order chi connectivity index (χ1) is 6.90. The third-order valence-electron chi connectivity index (χ3n) is 3.40. The molecule has 0 radical (unpaired) electrons. The summed E-state index contributed by atoms with van der Waals surface area (Å²) in [5.41, 5.74) is 0.